The highest BCUT2D eigenvalue weighted by Crippen LogP contribution is 2.22. The highest BCUT2D eigenvalue weighted by molar-refractivity contribution is 7.99. The number of rotatable bonds is 7. The van der Waals surface area contributed by atoms with Gasteiger partial charge in [-0.2, -0.15) is 11.8 Å². The zero-order valence-electron chi connectivity index (χ0n) is 10.7. The molecule has 0 spiro atoms. The van der Waals surface area contributed by atoms with Gasteiger partial charge >= 0.3 is 5.97 Å². The van der Waals surface area contributed by atoms with E-state index in [0.717, 1.165) is 5.75 Å². The van der Waals surface area contributed by atoms with Gasteiger partial charge in [-0.15, -0.1) is 0 Å². The summed E-state index contributed by atoms with van der Waals surface area (Å²) in [6.45, 7) is 1.92. The van der Waals surface area contributed by atoms with Crippen molar-refractivity contribution in [3.8, 4) is 0 Å². The van der Waals surface area contributed by atoms with Gasteiger partial charge in [-0.3, -0.25) is 0 Å². The van der Waals surface area contributed by atoms with E-state index in [4.69, 9.17) is 5.11 Å². The van der Waals surface area contributed by atoms with Crippen molar-refractivity contribution < 1.29 is 27.1 Å². The number of aromatic carboxylic acids is 1. The molecule has 0 aromatic heterocycles. The summed E-state index contributed by atoms with van der Waals surface area (Å²) in [5.41, 5.74) is -0.592. The molecular weight excluding hydrogens is 310 g/mol. The Morgan fingerprint density at radius 3 is 2.55 bits per heavy atom. The molecule has 0 aliphatic carbocycles. The summed E-state index contributed by atoms with van der Waals surface area (Å²) in [5.74, 6) is -3.46. The summed E-state index contributed by atoms with van der Waals surface area (Å²) in [6, 6.07) is 1.12. The molecule has 0 fully saturated rings. The second-order valence-electron chi connectivity index (χ2n) is 3.94. The molecule has 0 bridgehead atoms. The molecule has 112 valence electrons. The molecule has 1 N–H and O–H groups in total. The van der Waals surface area contributed by atoms with E-state index in [9.17, 15) is 22.0 Å². The first-order valence-electron chi connectivity index (χ1n) is 5.82. The molecule has 0 amide bonds. The Hall–Kier alpha value is -1.15. The summed E-state index contributed by atoms with van der Waals surface area (Å²) in [4.78, 5) is 9.86. The molecule has 0 heterocycles. The maximum atomic E-state index is 13.6. The number of benzene rings is 1. The first kappa shape index (κ1) is 16.9. The van der Waals surface area contributed by atoms with E-state index in [1.165, 1.54) is 11.8 Å². The highest BCUT2D eigenvalue weighted by atomic mass is 32.2. The number of hydrogen-bond acceptors (Lipinski definition) is 4. The quantitative estimate of drug-likeness (QED) is 0.781. The molecule has 1 aromatic rings. The van der Waals surface area contributed by atoms with Crippen LogP contribution in [-0.2, 0) is 9.84 Å². The molecular formula is C12H14F2O4S2. The molecule has 0 atom stereocenters. The van der Waals surface area contributed by atoms with Gasteiger partial charge in [0.05, 0.1) is 11.3 Å². The van der Waals surface area contributed by atoms with Crippen LogP contribution in [-0.4, -0.2) is 36.8 Å². The van der Waals surface area contributed by atoms with Crippen molar-refractivity contribution in [1.29, 1.82) is 0 Å². The van der Waals surface area contributed by atoms with Crippen molar-refractivity contribution in [3.63, 3.8) is 0 Å². The maximum absolute atomic E-state index is 13.6. The Balaban J connectivity index is 3.07. The third kappa shape index (κ3) is 4.17. The van der Waals surface area contributed by atoms with E-state index in [1.54, 1.807) is 0 Å². The summed E-state index contributed by atoms with van der Waals surface area (Å²) in [5, 5.41) is 8.75. The highest BCUT2D eigenvalue weighted by Gasteiger charge is 2.24. The summed E-state index contributed by atoms with van der Waals surface area (Å²) in [7, 11) is -4.04. The third-order valence-electron chi connectivity index (χ3n) is 2.48. The predicted molar refractivity (Wildman–Crippen MR) is 73.0 cm³/mol. The Kier molecular flexibility index (Phi) is 5.94. The number of carbonyl (C=O) groups is 1. The van der Waals surface area contributed by atoms with Crippen molar-refractivity contribution in [2.75, 3.05) is 17.3 Å². The van der Waals surface area contributed by atoms with Crippen LogP contribution in [0.5, 0.6) is 0 Å². The zero-order chi connectivity index (χ0) is 15.3. The molecule has 8 heteroatoms. The zero-order valence-corrected chi connectivity index (χ0v) is 12.4. The molecule has 1 rings (SSSR count). The lowest BCUT2D eigenvalue weighted by Gasteiger charge is -2.07. The maximum Gasteiger partial charge on any atom is 0.335 e. The Bertz CT molecular complexity index is 600. The van der Waals surface area contributed by atoms with Crippen LogP contribution in [0, 0.1) is 11.6 Å². The Labute approximate surface area is 120 Å². The predicted octanol–water partition coefficient (Wildman–Crippen LogP) is 2.58. The lowest BCUT2D eigenvalue weighted by atomic mass is 10.2. The number of sulfone groups is 1. The largest absolute Gasteiger partial charge is 0.478 e. The van der Waals surface area contributed by atoms with Gasteiger partial charge in [0.2, 0.25) is 0 Å². The molecule has 1 aromatic carbocycles. The minimum absolute atomic E-state index is 0.291. The fourth-order valence-corrected chi connectivity index (χ4v) is 3.76. The van der Waals surface area contributed by atoms with E-state index in [1.807, 2.05) is 6.92 Å². The molecule has 0 aliphatic heterocycles. The fourth-order valence-electron chi connectivity index (χ4n) is 1.52. The van der Waals surface area contributed by atoms with E-state index in [2.05, 4.69) is 0 Å². The van der Waals surface area contributed by atoms with Crippen LogP contribution < -0.4 is 0 Å². The third-order valence-corrected chi connectivity index (χ3v) is 5.26. The van der Waals surface area contributed by atoms with Crippen LogP contribution in [0.2, 0.25) is 0 Å². The van der Waals surface area contributed by atoms with Gasteiger partial charge in [0, 0.05) is 0 Å². The lowest BCUT2D eigenvalue weighted by molar-refractivity contribution is 0.0696. The molecule has 0 radical (unpaired) electrons. The lowest BCUT2D eigenvalue weighted by Crippen LogP contribution is -2.13. The number of halogens is 2. The Morgan fingerprint density at radius 2 is 2.00 bits per heavy atom. The van der Waals surface area contributed by atoms with Gasteiger partial charge in [0.15, 0.2) is 21.5 Å². The molecule has 0 unspecified atom stereocenters. The SMILES string of the molecule is CCSCCCS(=O)(=O)c1cc(C(=O)O)cc(F)c1F. The minimum Gasteiger partial charge on any atom is -0.478 e. The second-order valence-corrected chi connectivity index (χ2v) is 7.42. The number of carboxylic acids is 1. The second kappa shape index (κ2) is 7.03. The standard InChI is InChI=1S/C12H14F2O4S2/c1-2-19-4-3-5-20(17,18)10-7-8(12(15)16)6-9(13)11(10)14/h6-7H,2-5H2,1H3,(H,15,16). The van der Waals surface area contributed by atoms with E-state index < -0.39 is 37.9 Å². The van der Waals surface area contributed by atoms with E-state index >= 15 is 0 Å². The normalized spacial score (nSPS) is 11.6. The van der Waals surface area contributed by atoms with Crippen LogP contribution in [0.3, 0.4) is 0 Å². The van der Waals surface area contributed by atoms with Gasteiger partial charge in [-0.05, 0) is 30.1 Å². The minimum atomic E-state index is -4.04. The summed E-state index contributed by atoms with van der Waals surface area (Å²) >= 11 is 1.53. The average Bonchev–Trinajstić information content (AvgIpc) is 2.37. The van der Waals surface area contributed by atoms with E-state index in [-0.39, 0.29) is 5.75 Å². The molecule has 0 aliphatic rings. The molecule has 0 saturated carbocycles. The van der Waals surface area contributed by atoms with Crippen LogP contribution >= 0.6 is 11.8 Å². The topological polar surface area (TPSA) is 71.4 Å². The number of thioether (sulfide) groups is 1. The smallest absolute Gasteiger partial charge is 0.335 e. The number of hydrogen-bond donors (Lipinski definition) is 1. The molecule has 20 heavy (non-hydrogen) atoms. The van der Waals surface area contributed by atoms with Crippen LogP contribution in [0.15, 0.2) is 17.0 Å². The van der Waals surface area contributed by atoms with Gasteiger partial charge in [-0.25, -0.2) is 22.0 Å². The van der Waals surface area contributed by atoms with Crippen molar-refractivity contribution in [1.82, 2.24) is 0 Å². The van der Waals surface area contributed by atoms with Crippen LogP contribution in [0.25, 0.3) is 0 Å². The van der Waals surface area contributed by atoms with Crippen LogP contribution in [0.1, 0.15) is 23.7 Å². The van der Waals surface area contributed by atoms with Crippen molar-refractivity contribution in [2.45, 2.75) is 18.2 Å². The molecule has 0 saturated heterocycles. The molecule has 4 nitrogen and oxygen atoms in total. The summed E-state index contributed by atoms with van der Waals surface area (Å²) < 4.78 is 50.7. The van der Waals surface area contributed by atoms with Crippen LogP contribution in [0.4, 0.5) is 8.78 Å². The number of carboxylic acid groups (broad SMARTS) is 1. The van der Waals surface area contributed by atoms with Gasteiger partial charge in [-0.1, -0.05) is 6.92 Å². The first-order chi connectivity index (χ1) is 9.29. The Morgan fingerprint density at radius 1 is 1.35 bits per heavy atom. The van der Waals surface area contributed by atoms with Gasteiger partial charge in [0.25, 0.3) is 0 Å². The van der Waals surface area contributed by atoms with Gasteiger partial charge < -0.3 is 5.11 Å². The summed E-state index contributed by atoms with van der Waals surface area (Å²) in [6.07, 6.45) is 0.291. The van der Waals surface area contributed by atoms with E-state index in [0.29, 0.717) is 24.3 Å². The van der Waals surface area contributed by atoms with Crippen molar-refractivity contribution in [3.05, 3.63) is 29.3 Å². The van der Waals surface area contributed by atoms with Gasteiger partial charge in [0.1, 0.15) is 4.90 Å². The monoisotopic (exact) mass is 324 g/mol. The average molecular weight is 324 g/mol. The van der Waals surface area contributed by atoms with Crippen molar-refractivity contribution >= 4 is 27.6 Å². The van der Waals surface area contributed by atoms with Crippen molar-refractivity contribution in [2.24, 2.45) is 0 Å². The first-order valence-corrected chi connectivity index (χ1v) is 8.63. The fraction of sp³-hybridized carbons (Fsp3) is 0.417.